The van der Waals surface area contributed by atoms with Crippen molar-refractivity contribution in [2.24, 2.45) is 4.99 Å². The van der Waals surface area contributed by atoms with Crippen molar-refractivity contribution in [3.8, 4) is 0 Å². The first kappa shape index (κ1) is 26.8. The standard InChI is InChI=1S/C17H24F4N4O3S.HI/c1-2-22-16(23-5-10-29(26,27)25-6-8-28-9-7-25)24-12-13-3-4-14(18)11-15(13)17(19,20)21;/h3-4,11H,2,5-10,12H2,1H3,(H2,22,23,24);1H. The number of ether oxygens (including phenoxy) is 1. The maximum Gasteiger partial charge on any atom is 0.416 e. The lowest BCUT2D eigenvalue weighted by Gasteiger charge is -2.26. The molecule has 1 aliphatic heterocycles. The van der Waals surface area contributed by atoms with Gasteiger partial charge in [-0.1, -0.05) is 6.07 Å². The Bertz CT molecular complexity index is 816. The Morgan fingerprint density at radius 3 is 2.50 bits per heavy atom. The lowest BCUT2D eigenvalue weighted by Crippen LogP contribution is -2.45. The minimum atomic E-state index is -4.70. The summed E-state index contributed by atoms with van der Waals surface area (Å²) < 4.78 is 83.5. The Morgan fingerprint density at radius 2 is 1.90 bits per heavy atom. The highest BCUT2D eigenvalue weighted by molar-refractivity contribution is 14.0. The van der Waals surface area contributed by atoms with Crippen LogP contribution in [-0.2, 0) is 27.5 Å². The molecule has 30 heavy (non-hydrogen) atoms. The smallest absolute Gasteiger partial charge is 0.379 e. The number of alkyl halides is 3. The van der Waals surface area contributed by atoms with Gasteiger partial charge in [0.1, 0.15) is 5.82 Å². The zero-order chi connectivity index (χ0) is 21.5. The summed E-state index contributed by atoms with van der Waals surface area (Å²) in [5.74, 6) is -1.01. The van der Waals surface area contributed by atoms with E-state index in [1.807, 2.05) is 0 Å². The molecule has 172 valence electrons. The van der Waals surface area contributed by atoms with Gasteiger partial charge < -0.3 is 15.4 Å². The number of morpholine rings is 1. The highest BCUT2D eigenvalue weighted by atomic mass is 127. The summed E-state index contributed by atoms with van der Waals surface area (Å²) in [6.45, 7) is 3.15. The molecule has 7 nitrogen and oxygen atoms in total. The van der Waals surface area contributed by atoms with Crippen LogP contribution >= 0.6 is 24.0 Å². The molecular formula is C17H25F4IN4O3S. The van der Waals surface area contributed by atoms with Crippen LogP contribution in [-0.4, -0.2) is 63.8 Å². The van der Waals surface area contributed by atoms with E-state index < -0.39 is 27.6 Å². The van der Waals surface area contributed by atoms with Crippen LogP contribution < -0.4 is 10.6 Å². The second-order valence-corrected chi connectivity index (χ2v) is 8.34. The van der Waals surface area contributed by atoms with Gasteiger partial charge in [-0.3, -0.25) is 0 Å². The molecule has 2 rings (SSSR count). The van der Waals surface area contributed by atoms with Gasteiger partial charge in [0.05, 0.1) is 31.1 Å². The molecule has 1 aromatic carbocycles. The van der Waals surface area contributed by atoms with E-state index in [2.05, 4.69) is 15.6 Å². The quantitative estimate of drug-likeness (QED) is 0.228. The van der Waals surface area contributed by atoms with E-state index in [4.69, 9.17) is 4.74 Å². The molecular weight excluding hydrogens is 543 g/mol. The van der Waals surface area contributed by atoms with Crippen LogP contribution in [0.25, 0.3) is 0 Å². The molecule has 2 N–H and O–H groups in total. The van der Waals surface area contributed by atoms with Crippen LogP contribution in [0.15, 0.2) is 23.2 Å². The summed E-state index contributed by atoms with van der Waals surface area (Å²) in [5, 5.41) is 5.65. The van der Waals surface area contributed by atoms with E-state index >= 15 is 0 Å². The SMILES string of the molecule is CCNC(=NCc1ccc(F)cc1C(F)(F)F)NCCS(=O)(=O)N1CCOCC1.I. The minimum absolute atomic E-state index is 0. The van der Waals surface area contributed by atoms with Gasteiger partial charge in [0.15, 0.2) is 5.96 Å². The van der Waals surface area contributed by atoms with Gasteiger partial charge in [0.25, 0.3) is 0 Å². The summed E-state index contributed by atoms with van der Waals surface area (Å²) in [6, 6.07) is 2.41. The van der Waals surface area contributed by atoms with Crippen molar-refractivity contribution < 1.29 is 30.7 Å². The van der Waals surface area contributed by atoms with E-state index in [0.717, 1.165) is 12.1 Å². The summed E-state index contributed by atoms with van der Waals surface area (Å²) >= 11 is 0. The van der Waals surface area contributed by atoms with Crippen LogP contribution in [0.4, 0.5) is 17.6 Å². The first-order valence-corrected chi connectivity index (χ1v) is 10.7. The predicted octanol–water partition coefficient (Wildman–Crippen LogP) is 2.18. The number of nitrogens with one attached hydrogen (secondary N) is 2. The van der Waals surface area contributed by atoms with E-state index in [0.29, 0.717) is 38.9 Å². The number of aliphatic imine (C=N–C) groups is 1. The van der Waals surface area contributed by atoms with Gasteiger partial charge >= 0.3 is 6.18 Å². The summed E-state index contributed by atoms with van der Waals surface area (Å²) in [4.78, 5) is 4.06. The van der Waals surface area contributed by atoms with Gasteiger partial charge in [-0.05, 0) is 24.6 Å². The second-order valence-electron chi connectivity index (χ2n) is 6.25. The Hall–Kier alpha value is -1.19. The molecule has 0 radical (unpaired) electrons. The van der Waals surface area contributed by atoms with Gasteiger partial charge in [-0.2, -0.15) is 17.5 Å². The fourth-order valence-corrected chi connectivity index (χ4v) is 4.03. The van der Waals surface area contributed by atoms with Crippen LogP contribution in [0.2, 0.25) is 0 Å². The van der Waals surface area contributed by atoms with Crippen LogP contribution in [0.3, 0.4) is 0 Å². The topological polar surface area (TPSA) is 83.0 Å². The van der Waals surface area contributed by atoms with Crippen LogP contribution in [0.1, 0.15) is 18.1 Å². The van der Waals surface area contributed by atoms with Crippen molar-refractivity contribution in [3.05, 3.63) is 35.1 Å². The van der Waals surface area contributed by atoms with Crippen molar-refractivity contribution in [2.45, 2.75) is 19.6 Å². The second kappa shape index (κ2) is 12.0. The van der Waals surface area contributed by atoms with Gasteiger partial charge in [-0.25, -0.2) is 17.8 Å². The first-order valence-electron chi connectivity index (χ1n) is 9.07. The summed E-state index contributed by atoms with van der Waals surface area (Å²) in [7, 11) is -3.47. The minimum Gasteiger partial charge on any atom is -0.379 e. The third kappa shape index (κ3) is 8.15. The third-order valence-corrected chi connectivity index (χ3v) is 6.02. The molecule has 1 aromatic rings. The molecule has 1 saturated heterocycles. The fraction of sp³-hybridized carbons (Fsp3) is 0.588. The van der Waals surface area contributed by atoms with Crippen molar-refractivity contribution >= 4 is 40.0 Å². The van der Waals surface area contributed by atoms with Crippen molar-refractivity contribution in [3.63, 3.8) is 0 Å². The van der Waals surface area contributed by atoms with Gasteiger partial charge in [0, 0.05) is 26.2 Å². The molecule has 0 aliphatic carbocycles. The van der Waals surface area contributed by atoms with Crippen LogP contribution in [0.5, 0.6) is 0 Å². The van der Waals surface area contributed by atoms with Crippen molar-refractivity contribution in [1.29, 1.82) is 0 Å². The van der Waals surface area contributed by atoms with E-state index in [9.17, 15) is 26.0 Å². The number of benzene rings is 1. The molecule has 0 atom stereocenters. The molecule has 0 saturated carbocycles. The monoisotopic (exact) mass is 568 g/mol. The van der Waals surface area contributed by atoms with Crippen LogP contribution in [0, 0.1) is 5.82 Å². The number of halogens is 5. The lowest BCUT2D eigenvalue weighted by atomic mass is 10.1. The molecule has 1 fully saturated rings. The highest BCUT2D eigenvalue weighted by Gasteiger charge is 2.33. The average Bonchev–Trinajstić information content (AvgIpc) is 2.66. The molecule has 0 aromatic heterocycles. The van der Waals surface area contributed by atoms with E-state index in [-0.39, 0.29) is 54.3 Å². The van der Waals surface area contributed by atoms with E-state index in [1.165, 1.54) is 4.31 Å². The molecule has 0 spiro atoms. The van der Waals surface area contributed by atoms with Gasteiger partial charge in [0.2, 0.25) is 10.0 Å². The van der Waals surface area contributed by atoms with Crippen molar-refractivity contribution in [2.75, 3.05) is 45.1 Å². The highest BCUT2D eigenvalue weighted by Crippen LogP contribution is 2.32. The maximum absolute atomic E-state index is 13.2. The molecule has 1 aliphatic rings. The molecule has 1 heterocycles. The average molecular weight is 568 g/mol. The predicted molar refractivity (Wildman–Crippen MR) is 116 cm³/mol. The molecule has 0 unspecified atom stereocenters. The number of sulfonamides is 1. The Labute approximate surface area is 190 Å². The Balaban J connectivity index is 0.00000450. The third-order valence-electron chi connectivity index (χ3n) is 4.14. The lowest BCUT2D eigenvalue weighted by molar-refractivity contribution is -0.138. The molecule has 0 amide bonds. The zero-order valence-corrected chi connectivity index (χ0v) is 19.5. The van der Waals surface area contributed by atoms with Gasteiger partial charge in [-0.15, -0.1) is 24.0 Å². The maximum atomic E-state index is 13.2. The zero-order valence-electron chi connectivity index (χ0n) is 16.3. The normalized spacial score (nSPS) is 16.1. The number of nitrogens with zero attached hydrogens (tertiary/aromatic N) is 2. The largest absolute Gasteiger partial charge is 0.416 e. The number of rotatable bonds is 7. The number of hydrogen-bond donors (Lipinski definition) is 2. The molecule has 0 bridgehead atoms. The number of hydrogen-bond acceptors (Lipinski definition) is 4. The van der Waals surface area contributed by atoms with E-state index in [1.54, 1.807) is 6.92 Å². The molecule has 13 heteroatoms. The summed E-state index contributed by atoms with van der Waals surface area (Å²) in [6.07, 6.45) is -4.70. The Morgan fingerprint density at radius 1 is 1.23 bits per heavy atom. The Kier molecular flexibility index (Phi) is 10.7. The fourth-order valence-electron chi connectivity index (χ4n) is 2.71. The number of guanidine groups is 1. The summed E-state index contributed by atoms with van der Waals surface area (Å²) in [5.41, 5.74) is -1.27. The first-order chi connectivity index (χ1) is 13.6. The van der Waals surface area contributed by atoms with Crippen molar-refractivity contribution in [1.82, 2.24) is 14.9 Å².